The molecule has 1 aromatic heterocycles. The van der Waals surface area contributed by atoms with Gasteiger partial charge in [-0.05, 0) is 37.4 Å². The molecule has 3 N–H and O–H groups in total. The van der Waals surface area contributed by atoms with Crippen LogP contribution >= 0.6 is 24.8 Å². The van der Waals surface area contributed by atoms with E-state index < -0.39 is 0 Å². The number of nitrogens with one attached hydrogen (secondary N) is 1. The van der Waals surface area contributed by atoms with Crippen molar-refractivity contribution in [2.45, 2.75) is 26.2 Å². The fourth-order valence-corrected chi connectivity index (χ4v) is 2.98. The largest absolute Gasteiger partial charge is 0.342 e. The van der Waals surface area contributed by atoms with E-state index in [4.69, 9.17) is 5.73 Å². The summed E-state index contributed by atoms with van der Waals surface area (Å²) in [6.45, 7) is 4.39. The summed E-state index contributed by atoms with van der Waals surface area (Å²) in [6, 6.07) is 6.09. The number of para-hydroxylation sites is 1. The second-order valence-electron chi connectivity index (χ2n) is 5.88. The van der Waals surface area contributed by atoms with Crippen molar-refractivity contribution in [1.82, 2.24) is 14.9 Å². The number of amides is 1. The Morgan fingerprint density at radius 3 is 2.87 bits per heavy atom. The summed E-state index contributed by atoms with van der Waals surface area (Å²) in [7, 11) is 0. The minimum Gasteiger partial charge on any atom is -0.342 e. The zero-order chi connectivity index (χ0) is 14.8. The molecule has 2 aromatic rings. The summed E-state index contributed by atoms with van der Waals surface area (Å²) in [5, 5.41) is 0. The molecule has 0 saturated carbocycles. The number of rotatable bonds is 4. The Balaban J connectivity index is 0.00000132. The number of hydrogen-bond acceptors (Lipinski definition) is 3. The van der Waals surface area contributed by atoms with Crippen molar-refractivity contribution < 1.29 is 4.79 Å². The van der Waals surface area contributed by atoms with E-state index in [-0.39, 0.29) is 30.7 Å². The number of H-pyrrole nitrogens is 1. The monoisotopic (exact) mass is 358 g/mol. The highest BCUT2D eigenvalue weighted by molar-refractivity contribution is 5.85. The van der Waals surface area contributed by atoms with Crippen molar-refractivity contribution in [1.29, 1.82) is 0 Å². The molecule has 5 nitrogen and oxygen atoms in total. The number of aryl methyl sites for hydroxylation is 2. The molecule has 1 amide bonds. The maximum absolute atomic E-state index is 12.2. The first-order chi connectivity index (χ1) is 10.2. The zero-order valence-electron chi connectivity index (χ0n) is 13.2. The van der Waals surface area contributed by atoms with E-state index >= 15 is 0 Å². The second kappa shape index (κ2) is 8.52. The Hall–Kier alpha value is -1.30. The average molecular weight is 359 g/mol. The summed E-state index contributed by atoms with van der Waals surface area (Å²) in [5.74, 6) is 1.58. The van der Waals surface area contributed by atoms with Crippen LogP contribution < -0.4 is 5.73 Å². The molecule has 1 atom stereocenters. The van der Waals surface area contributed by atoms with Crippen LogP contribution in [0.2, 0.25) is 0 Å². The zero-order valence-corrected chi connectivity index (χ0v) is 14.9. The van der Waals surface area contributed by atoms with Crippen LogP contribution in [0.15, 0.2) is 18.2 Å². The van der Waals surface area contributed by atoms with Gasteiger partial charge in [-0.1, -0.05) is 12.1 Å². The lowest BCUT2D eigenvalue weighted by Gasteiger charge is -2.15. The van der Waals surface area contributed by atoms with Gasteiger partial charge in [0.25, 0.3) is 0 Å². The number of halogens is 2. The van der Waals surface area contributed by atoms with Gasteiger partial charge in [0.15, 0.2) is 0 Å². The van der Waals surface area contributed by atoms with E-state index in [1.165, 1.54) is 0 Å². The van der Waals surface area contributed by atoms with Crippen LogP contribution in [0, 0.1) is 12.8 Å². The molecule has 1 aliphatic rings. The van der Waals surface area contributed by atoms with Crippen LogP contribution in [0.4, 0.5) is 0 Å². The van der Waals surface area contributed by atoms with Gasteiger partial charge in [-0.2, -0.15) is 0 Å². The van der Waals surface area contributed by atoms with Gasteiger partial charge in [-0.15, -0.1) is 24.8 Å². The molecule has 0 radical (unpaired) electrons. The molecule has 3 rings (SSSR count). The number of hydrogen-bond donors (Lipinski definition) is 2. The van der Waals surface area contributed by atoms with E-state index in [1.807, 2.05) is 17.0 Å². The molecule has 2 heterocycles. The number of carbonyl (C=O) groups excluding carboxylic acids is 1. The molecule has 7 heteroatoms. The fourth-order valence-electron chi connectivity index (χ4n) is 2.98. The summed E-state index contributed by atoms with van der Waals surface area (Å²) < 4.78 is 0. The third-order valence-corrected chi connectivity index (χ3v) is 4.31. The minimum absolute atomic E-state index is 0. The van der Waals surface area contributed by atoms with Gasteiger partial charge in [0.2, 0.25) is 5.91 Å². The number of fused-ring (bicyclic) bond motifs is 1. The Bertz CT molecular complexity index is 659. The van der Waals surface area contributed by atoms with Gasteiger partial charge in [0.05, 0.1) is 11.0 Å². The molecule has 1 aliphatic heterocycles. The lowest BCUT2D eigenvalue weighted by atomic mass is 10.1. The van der Waals surface area contributed by atoms with Crippen LogP contribution in [0.1, 0.15) is 24.2 Å². The summed E-state index contributed by atoms with van der Waals surface area (Å²) >= 11 is 0. The number of carbonyl (C=O) groups is 1. The van der Waals surface area contributed by atoms with Gasteiger partial charge in [-0.25, -0.2) is 4.98 Å². The first kappa shape index (κ1) is 19.7. The molecule has 1 fully saturated rings. The quantitative estimate of drug-likeness (QED) is 0.881. The van der Waals surface area contributed by atoms with Crippen molar-refractivity contribution in [2.75, 3.05) is 19.6 Å². The van der Waals surface area contributed by atoms with E-state index in [1.54, 1.807) is 0 Å². The highest BCUT2D eigenvalue weighted by Crippen LogP contribution is 2.18. The number of likely N-dealkylation sites (tertiary alicyclic amines) is 1. The highest BCUT2D eigenvalue weighted by atomic mass is 35.5. The van der Waals surface area contributed by atoms with Crippen LogP contribution in [0.5, 0.6) is 0 Å². The molecule has 23 heavy (non-hydrogen) atoms. The molecular weight excluding hydrogens is 335 g/mol. The van der Waals surface area contributed by atoms with E-state index in [2.05, 4.69) is 23.0 Å². The van der Waals surface area contributed by atoms with Gasteiger partial charge in [0.1, 0.15) is 5.82 Å². The lowest BCUT2D eigenvalue weighted by Crippen LogP contribution is -2.30. The fraction of sp³-hybridized carbons (Fsp3) is 0.500. The number of imidazole rings is 1. The van der Waals surface area contributed by atoms with E-state index in [0.717, 1.165) is 41.9 Å². The average Bonchev–Trinajstić information content (AvgIpc) is 3.12. The number of nitrogens with two attached hydrogens (primary N) is 1. The molecule has 1 aromatic carbocycles. The third kappa shape index (κ3) is 4.37. The third-order valence-electron chi connectivity index (χ3n) is 4.31. The number of aromatic nitrogens is 2. The number of benzene rings is 1. The first-order valence-electron chi connectivity index (χ1n) is 7.59. The van der Waals surface area contributed by atoms with Gasteiger partial charge < -0.3 is 15.6 Å². The maximum atomic E-state index is 12.2. The molecular formula is C16H24Cl2N4O. The molecule has 128 valence electrons. The maximum Gasteiger partial charge on any atom is 0.223 e. The summed E-state index contributed by atoms with van der Waals surface area (Å²) in [5.41, 5.74) is 8.87. The van der Waals surface area contributed by atoms with Gasteiger partial charge in [-0.3, -0.25) is 4.79 Å². The predicted octanol–water partition coefficient (Wildman–Crippen LogP) is 2.45. The number of aromatic amines is 1. The molecule has 0 bridgehead atoms. The van der Waals surface area contributed by atoms with Crippen molar-refractivity contribution in [2.24, 2.45) is 11.7 Å². The molecule has 1 unspecified atom stereocenters. The minimum atomic E-state index is 0. The molecule has 0 aliphatic carbocycles. The normalized spacial score (nSPS) is 17.0. The Labute approximate surface area is 148 Å². The van der Waals surface area contributed by atoms with Crippen LogP contribution in [-0.2, 0) is 11.2 Å². The summed E-state index contributed by atoms with van der Waals surface area (Å²) in [6.07, 6.45) is 2.21. The standard InChI is InChI=1S/C16H22N4O.2ClH/c1-11-3-2-4-13-16(11)19-14(18-13)5-6-15(21)20-8-7-12(9-17)10-20;;/h2-4,12H,5-10,17H2,1H3,(H,18,19);2*1H. The van der Waals surface area contributed by atoms with Crippen molar-refractivity contribution in [3.63, 3.8) is 0 Å². The highest BCUT2D eigenvalue weighted by Gasteiger charge is 2.24. The predicted molar refractivity (Wildman–Crippen MR) is 97.4 cm³/mol. The molecule has 1 saturated heterocycles. The van der Waals surface area contributed by atoms with Gasteiger partial charge in [0, 0.05) is 25.9 Å². The van der Waals surface area contributed by atoms with Crippen LogP contribution in [0.3, 0.4) is 0 Å². The van der Waals surface area contributed by atoms with Gasteiger partial charge >= 0.3 is 0 Å². The number of nitrogens with zero attached hydrogens (tertiary/aromatic N) is 2. The lowest BCUT2D eigenvalue weighted by molar-refractivity contribution is -0.130. The smallest absolute Gasteiger partial charge is 0.223 e. The van der Waals surface area contributed by atoms with Crippen molar-refractivity contribution >= 4 is 41.8 Å². The SMILES string of the molecule is Cc1cccc2[nH]c(CCC(=O)N3CCC(CN)C3)nc12.Cl.Cl. The van der Waals surface area contributed by atoms with E-state index in [9.17, 15) is 4.79 Å². The topological polar surface area (TPSA) is 75.0 Å². The summed E-state index contributed by atoms with van der Waals surface area (Å²) in [4.78, 5) is 22.0. The van der Waals surface area contributed by atoms with E-state index in [0.29, 0.717) is 25.3 Å². The van der Waals surface area contributed by atoms with Crippen LogP contribution in [0.25, 0.3) is 11.0 Å². The molecule has 0 spiro atoms. The Morgan fingerprint density at radius 2 is 2.22 bits per heavy atom. The van der Waals surface area contributed by atoms with Crippen molar-refractivity contribution in [3.05, 3.63) is 29.6 Å². The van der Waals surface area contributed by atoms with Crippen LogP contribution in [-0.4, -0.2) is 40.4 Å². The second-order valence-corrected chi connectivity index (χ2v) is 5.88. The van der Waals surface area contributed by atoms with Crippen molar-refractivity contribution in [3.8, 4) is 0 Å². The Kier molecular flexibility index (Phi) is 7.32. The Morgan fingerprint density at radius 1 is 1.43 bits per heavy atom. The first-order valence-corrected chi connectivity index (χ1v) is 7.59.